The lowest BCUT2D eigenvalue weighted by Crippen LogP contribution is -2.45. The minimum Gasteiger partial charge on any atom is -0.381 e. The van der Waals surface area contributed by atoms with Gasteiger partial charge in [0.1, 0.15) is 5.15 Å². The van der Waals surface area contributed by atoms with Crippen LogP contribution in [0.4, 0.5) is 5.69 Å². The van der Waals surface area contributed by atoms with Gasteiger partial charge in [-0.25, -0.2) is 4.98 Å². The Balaban J connectivity index is 1.61. The lowest BCUT2D eigenvalue weighted by atomic mass is 10.1. The first kappa shape index (κ1) is 17.2. The Morgan fingerprint density at radius 3 is 2.46 bits per heavy atom. The zero-order valence-electron chi connectivity index (χ0n) is 14.2. The molecule has 0 unspecified atom stereocenters. The van der Waals surface area contributed by atoms with Crippen LogP contribution in [0.15, 0.2) is 42.6 Å². The maximum absolute atomic E-state index is 5.95. The Bertz CT molecular complexity index is 653. The lowest BCUT2D eigenvalue weighted by Gasteiger charge is -2.34. The molecule has 2 heterocycles. The Morgan fingerprint density at radius 2 is 1.75 bits per heavy atom. The summed E-state index contributed by atoms with van der Waals surface area (Å²) in [5, 5.41) is 3.96. The van der Waals surface area contributed by atoms with Gasteiger partial charge in [0.15, 0.2) is 0 Å². The van der Waals surface area contributed by atoms with Gasteiger partial charge in [0.25, 0.3) is 0 Å². The van der Waals surface area contributed by atoms with E-state index in [-0.39, 0.29) is 0 Å². The molecule has 0 amide bonds. The molecular formula is C19H25ClN4. The molecule has 0 radical (unpaired) electrons. The topological polar surface area (TPSA) is 31.4 Å². The second-order valence-electron chi connectivity index (χ2n) is 6.20. The number of rotatable bonds is 6. The number of benzene rings is 1. The fraction of sp³-hybridized carbons (Fsp3) is 0.421. The van der Waals surface area contributed by atoms with Crippen LogP contribution in [0.1, 0.15) is 18.1 Å². The number of hydrogen-bond donors (Lipinski definition) is 1. The van der Waals surface area contributed by atoms with Gasteiger partial charge in [0, 0.05) is 51.2 Å². The number of pyridine rings is 1. The normalized spacial score (nSPS) is 16.2. The zero-order valence-corrected chi connectivity index (χ0v) is 15.0. The van der Waals surface area contributed by atoms with E-state index in [0.717, 1.165) is 38.4 Å². The molecule has 1 N–H and O–H groups in total. The van der Waals surface area contributed by atoms with Crippen molar-refractivity contribution in [2.45, 2.75) is 20.0 Å². The van der Waals surface area contributed by atoms with Crippen LogP contribution in [0.5, 0.6) is 0 Å². The maximum atomic E-state index is 5.95. The lowest BCUT2D eigenvalue weighted by molar-refractivity contribution is 0.131. The number of likely N-dealkylation sites (N-methyl/N-ethyl adjacent to an activating group) is 1. The molecule has 0 atom stereocenters. The van der Waals surface area contributed by atoms with E-state index in [1.807, 2.05) is 12.1 Å². The smallest absolute Gasteiger partial charge is 0.131 e. The maximum Gasteiger partial charge on any atom is 0.131 e. The number of nitrogens with one attached hydrogen (secondary N) is 1. The van der Waals surface area contributed by atoms with Crippen LogP contribution >= 0.6 is 11.6 Å². The molecule has 0 bridgehead atoms. The Kier molecular flexibility index (Phi) is 6.07. The van der Waals surface area contributed by atoms with E-state index in [9.17, 15) is 0 Å². The van der Waals surface area contributed by atoms with Crippen LogP contribution in [-0.4, -0.2) is 47.5 Å². The van der Waals surface area contributed by atoms with E-state index in [1.165, 1.54) is 24.2 Å². The van der Waals surface area contributed by atoms with Crippen LogP contribution in [0, 0.1) is 0 Å². The molecule has 128 valence electrons. The largest absolute Gasteiger partial charge is 0.381 e. The summed E-state index contributed by atoms with van der Waals surface area (Å²) in [4.78, 5) is 9.08. The summed E-state index contributed by atoms with van der Waals surface area (Å²) >= 11 is 5.95. The summed E-state index contributed by atoms with van der Waals surface area (Å²) < 4.78 is 0. The van der Waals surface area contributed by atoms with Crippen LogP contribution in [0.25, 0.3) is 0 Å². The van der Waals surface area contributed by atoms with Crippen LogP contribution in [0.2, 0.25) is 5.15 Å². The summed E-state index contributed by atoms with van der Waals surface area (Å²) in [5.41, 5.74) is 3.74. The van der Waals surface area contributed by atoms with Crippen LogP contribution in [0.3, 0.4) is 0 Å². The van der Waals surface area contributed by atoms with Gasteiger partial charge < -0.3 is 10.2 Å². The third-order valence-electron chi connectivity index (χ3n) is 4.63. The number of hydrogen-bond acceptors (Lipinski definition) is 4. The highest BCUT2D eigenvalue weighted by Crippen LogP contribution is 2.17. The number of nitrogens with zero attached hydrogens (tertiary/aromatic N) is 3. The second-order valence-corrected chi connectivity index (χ2v) is 6.59. The summed E-state index contributed by atoms with van der Waals surface area (Å²) in [6, 6.07) is 12.5. The summed E-state index contributed by atoms with van der Waals surface area (Å²) in [6.07, 6.45) is 1.73. The molecule has 1 aromatic heterocycles. The van der Waals surface area contributed by atoms with Crippen molar-refractivity contribution in [3.05, 3.63) is 58.9 Å². The highest BCUT2D eigenvalue weighted by Gasteiger charge is 2.16. The van der Waals surface area contributed by atoms with Crippen molar-refractivity contribution in [2.75, 3.05) is 38.0 Å². The molecule has 0 saturated carbocycles. The van der Waals surface area contributed by atoms with Gasteiger partial charge in [-0.15, -0.1) is 0 Å². The monoisotopic (exact) mass is 344 g/mol. The van der Waals surface area contributed by atoms with E-state index in [2.05, 4.69) is 51.3 Å². The van der Waals surface area contributed by atoms with Crippen molar-refractivity contribution in [3.8, 4) is 0 Å². The predicted octanol–water partition coefficient (Wildman–Crippen LogP) is 3.48. The number of halogens is 1. The van der Waals surface area contributed by atoms with Crippen molar-refractivity contribution < 1.29 is 0 Å². The van der Waals surface area contributed by atoms with Gasteiger partial charge in [-0.05, 0) is 29.8 Å². The molecule has 1 aliphatic rings. The average molecular weight is 345 g/mol. The summed E-state index contributed by atoms with van der Waals surface area (Å²) in [6.45, 7) is 9.85. The predicted molar refractivity (Wildman–Crippen MR) is 100 cm³/mol. The van der Waals surface area contributed by atoms with Crippen molar-refractivity contribution in [1.29, 1.82) is 0 Å². The van der Waals surface area contributed by atoms with Gasteiger partial charge in [-0.2, -0.15) is 0 Å². The molecule has 24 heavy (non-hydrogen) atoms. The fourth-order valence-electron chi connectivity index (χ4n) is 3.10. The van der Waals surface area contributed by atoms with E-state index in [0.29, 0.717) is 5.15 Å². The van der Waals surface area contributed by atoms with Crippen molar-refractivity contribution in [2.24, 2.45) is 0 Å². The Labute approximate surface area is 149 Å². The van der Waals surface area contributed by atoms with Crippen molar-refractivity contribution >= 4 is 17.3 Å². The van der Waals surface area contributed by atoms with E-state index in [1.54, 1.807) is 6.20 Å². The molecular weight excluding hydrogens is 320 g/mol. The first-order chi connectivity index (χ1) is 11.7. The molecule has 3 rings (SSSR count). The Hall–Kier alpha value is -1.62. The number of aromatic nitrogens is 1. The molecule has 1 saturated heterocycles. The third kappa shape index (κ3) is 4.69. The molecule has 4 nitrogen and oxygen atoms in total. The highest BCUT2D eigenvalue weighted by atomic mass is 35.5. The molecule has 1 aliphatic heterocycles. The minimum absolute atomic E-state index is 0.516. The van der Waals surface area contributed by atoms with Crippen molar-refractivity contribution in [1.82, 2.24) is 14.8 Å². The highest BCUT2D eigenvalue weighted by molar-refractivity contribution is 6.29. The first-order valence-electron chi connectivity index (χ1n) is 8.61. The third-order valence-corrected chi connectivity index (χ3v) is 4.84. The molecule has 5 heteroatoms. The van der Waals surface area contributed by atoms with Gasteiger partial charge in [0.05, 0.1) is 0 Å². The molecule has 1 fully saturated rings. The molecule has 1 aromatic carbocycles. The van der Waals surface area contributed by atoms with Gasteiger partial charge in [-0.1, -0.05) is 42.8 Å². The average Bonchev–Trinajstić information content (AvgIpc) is 2.62. The van der Waals surface area contributed by atoms with Crippen molar-refractivity contribution in [3.63, 3.8) is 0 Å². The van der Waals surface area contributed by atoms with E-state index < -0.39 is 0 Å². The standard InChI is InChI=1S/C19H25ClN4/c1-2-23-9-11-24(12-10-23)15-17-6-4-3-5-16(17)14-22-18-7-8-21-19(20)13-18/h3-8,13H,2,9-12,14-15H2,1H3,(H,21,22). The Morgan fingerprint density at radius 1 is 1.04 bits per heavy atom. The summed E-state index contributed by atoms with van der Waals surface area (Å²) in [5.74, 6) is 0. The SMILES string of the molecule is CCN1CCN(Cc2ccccc2CNc2ccnc(Cl)c2)CC1. The quantitative estimate of drug-likeness (QED) is 0.813. The van der Waals surface area contributed by atoms with Gasteiger partial charge >= 0.3 is 0 Å². The fourth-order valence-corrected chi connectivity index (χ4v) is 3.27. The first-order valence-corrected chi connectivity index (χ1v) is 8.99. The number of piperazine rings is 1. The minimum atomic E-state index is 0.516. The molecule has 0 aliphatic carbocycles. The van der Waals surface area contributed by atoms with E-state index >= 15 is 0 Å². The second kappa shape index (κ2) is 8.47. The van der Waals surface area contributed by atoms with Crippen LogP contribution in [-0.2, 0) is 13.1 Å². The van der Waals surface area contributed by atoms with Crippen LogP contribution < -0.4 is 5.32 Å². The zero-order chi connectivity index (χ0) is 16.8. The number of anilines is 1. The van der Waals surface area contributed by atoms with Gasteiger partial charge in [0.2, 0.25) is 0 Å². The molecule has 2 aromatic rings. The summed E-state index contributed by atoms with van der Waals surface area (Å²) in [7, 11) is 0. The van der Waals surface area contributed by atoms with E-state index in [4.69, 9.17) is 11.6 Å². The van der Waals surface area contributed by atoms with Gasteiger partial charge in [-0.3, -0.25) is 4.90 Å². The molecule has 0 spiro atoms.